The quantitative estimate of drug-likeness (QED) is 0.213. The van der Waals surface area contributed by atoms with Crippen LogP contribution in [0.15, 0.2) is 66.7 Å². The lowest BCUT2D eigenvalue weighted by Gasteiger charge is -2.24. The number of hydrogen-bond acceptors (Lipinski definition) is 0. The van der Waals surface area contributed by atoms with E-state index in [4.69, 9.17) is 0 Å². The molecule has 24 heavy (non-hydrogen) atoms. The Morgan fingerprint density at radius 3 is 2.08 bits per heavy atom. The first-order valence-electron chi connectivity index (χ1n) is 8.64. The Bertz CT molecular complexity index is 1220. The maximum absolute atomic E-state index is 2.41. The van der Waals surface area contributed by atoms with Crippen LogP contribution in [0.5, 0.6) is 0 Å². The molecule has 0 radical (unpaired) electrons. The monoisotopic (exact) mass is 308 g/mol. The fourth-order valence-corrected chi connectivity index (χ4v) is 4.20. The SMILES string of the molecule is CC(C)(C)c1cc2cc3ccccc3c3ccc4cccc1c4c23. The number of rotatable bonds is 0. The Labute approximate surface area is 142 Å². The van der Waals surface area contributed by atoms with Crippen LogP contribution in [-0.2, 0) is 5.41 Å². The van der Waals surface area contributed by atoms with Crippen LogP contribution in [-0.4, -0.2) is 0 Å². The summed E-state index contributed by atoms with van der Waals surface area (Å²) in [5.41, 5.74) is 1.56. The minimum absolute atomic E-state index is 0.125. The fourth-order valence-electron chi connectivity index (χ4n) is 4.20. The summed E-state index contributed by atoms with van der Waals surface area (Å²) >= 11 is 0. The third-order valence-corrected chi connectivity index (χ3v) is 5.29. The van der Waals surface area contributed by atoms with Crippen molar-refractivity contribution in [3.63, 3.8) is 0 Å². The van der Waals surface area contributed by atoms with E-state index in [-0.39, 0.29) is 5.41 Å². The van der Waals surface area contributed by atoms with E-state index in [1.165, 1.54) is 48.7 Å². The first kappa shape index (κ1) is 13.8. The average molecular weight is 308 g/mol. The first-order chi connectivity index (χ1) is 11.5. The zero-order valence-electron chi connectivity index (χ0n) is 14.4. The predicted molar refractivity (Wildman–Crippen MR) is 106 cm³/mol. The van der Waals surface area contributed by atoms with Gasteiger partial charge in [-0.15, -0.1) is 0 Å². The molecule has 0 aliphatic heterocycles. The largest absolute Gasteiger partial charge is 0.0616 e. The van der Waals surface area contributed by atoms with Crippen molar-refractivity contribution in [2.75, 3.05) is 0 Å². The summed E-state index contributed by atoms with van der Waals surface area (Å²) < 4.78 is 0. The third kappa shape index (κ3) is 1.74. The number of benzene rings is 5. The topological polar surface area (TPSA) is 0 Å². The summed E-state index contributed by atoms with van der Waals surface area (Å²) in [5.74, 6) is 0. The van der Waals surface area contributed by atoms with Crippen molar-refractivity contribution in [1.82, 2.24) is 0 Å². The van der Waals surface area contributed by atoms with Gasteiger partial charge in [0, 0.05) is 0 Å². The molecule has 0 saturated heterocycles. The standard InChI is InChI=1S/C24H20/c1-24(2,3)21-14-17-13-16-7-4-5-9-18(16)19-12-11-15-8-6-10-20(21)22(15)23(17)19/h4-14H,1-3H3. The molecule has 5 aromatic carbocycles. The van der Waals surface area contributed by atoms with Crippen LogP contribution in [0.3, 0.4) is 0 Å². The molecule has 0 spiro atoms. The minimum atomic E-state index is 0.125. The van der Waals surface area contributed by atoms with Crippen LogP contribution in [0, 0.1) is 0 Å². The van der Waals surface area contributed by atoms with E-state index in [1.54, 1.807) is 0 Å². The molecular weight excluding hydrogens is 288 g/mol. The fraction of sp³-hybridized carbons (Fsp3) is 0.167. The zero-order chi connectivity index (χ0) is 16.5. The Kier molecular flexibility index (Phi) is 2.58. The van der Waals surface area contributed by atoms with E-state index in [2.05, 4.69) is 87.5 Å². The van der Waals surface area contributed by atoms with Gasteiger partial charge in [-0.3, -0.25) is 0 Å². The van der Waals surface area contributed by atoms with Gasteiger partial charge >= 0.3 is 0 Å². The van der Waals surface area contributed by atoms with E-state index in [1.807, 2.05) is 0 Å². The van der Waals surface area contributed by atoms with Gasteiger partial charge in [-0.25, -0.2) is 0 Å². The van der Waals surface area contributed by atoms with Gasteiger partial charge in [-0.05, 0) is 66.2 Å². The van der Waals surface area contributed by atoms with Gasteiger partial charge < -0.3 is 0 Å². The van der Waals surface area contributed by atoms with Crippen molar-refractivity contribution in [1.29, 1.82) is 0 Å². The van der Waals surface area contributed by atoms with Crippen LogP contribution in [0.1, 0.15) is 26.3 Å². The maximum Gasteiger partial charge on any atom is -0.00201 e. The van der Waals surface area contributed by atoms with Gasteiger partial charge in [-0.2, -0.15) is 0 Å². The van der Waals surface area contributed by atoms with Crippen LogP contribution in [0.2, 0.25) is 0 Å². The highest BCUT2D eigenvalue weighted by Crippen LogP contribution is 2.42. The van der Waals surface area contributed by atoms with E-state index in [0.29, 0.717) is 0 Å². The van der Waals surface area contributed by atoms with Crippen LogP contribution in [0.25, 0.3) is 43.1 Å². The second-order valence-electron chi connectivity index (χ2n) is 7.89. The van der Waals surface area contributed by atoms with Gasteiger partial charge in [0.15, 0.2) is 0 Å². The van der Waals surface area contributed by atoms with Crippen molar-refractivity contribution in [2.24, 2.45) is 0 Å². The predicted octanol–water partition coefficient (Wildman–Crippen LogP) is 7.03. The van der Waals surface area contributed by atoms with Gasteiger partial charge in [0.05, 0.1) is 0 Å². The van der Waals surface area contributed by atoms with Crippen molar-refractivity contribution in [3.8, 4) is 0 Å². The number of hydrogen-bond donors (Lipinski definition) is 0. The third-order valence-electron chi connectivity index (χ3n) is 5.29. The zero-order valence-corrected chi connectivity index (χ0v) is 14.4. The molecule has 0 bridgehead atoms. The summed E-state index contributed by atoms with van der Waals surface area (Å²) in [7, 11) is 0. The smallest absolute Gasteiger partial charge is 0.00201 e. The summed E-state index contributed by atoms with van der Waals surface area (Å²) in [6.45, 7) is 6.93. The van der Waals surface area contributed by atoms with E-state index >= 15 is 0 Å². The second-order valence-corrected chi connectivity index (χ2v) is 7.89. The highest BCUT2D eigenvalue weighted by atomic mass is 14.2. The molecule has 0 N–H and O–H groups in total. The number of fused-ring (bicyclic) bond motifs is 2. The lowest BCUT2D eigenvalue weighted by Crippen LogP contribution is -2.12. The molecule has 0 aliphatic rings. The highest BCUT2D eigenvalue weighted by Gasteiger charge is 2.20. The molecule has 5 aromatic rings. The summed E-state index contributed by atoms with van der Waals surface area (Å²) in [5, 5.41) is 11.0. The summed E-state index contributed by atoms with van der Waals surface area (Å²) in [4.78, 5) is 0. The highest BCUT2D eigenvalue weighted by molar-refractivity contribution is 6.29. The molecule has 0 atom stereocenters. The van der Waals surface area contributed by atoms with Crippen molar-refractivity contribution in [3.05, 3.63) is 72.3 Å². The summed E-state index contributed by atoms with van der Waals surface area (Å²) in [6, 6.07) is 24.8. The molecule has 0 heterocycles. The molecule has 0 amide bonds. The Balaban J connectivity index is 2.16. The Morgan fingerprint density at radius 1 is 0.542 bits per heavy atom. The summed E-state index contributed by atoms with van der Waals surface area (Å²) in [6.07, 6.45) is 0. The van der Waals surface area contributed by atoms with Crippen molar-refractivity contribution >= 4 is 43.1 Å². The van der Waals surface area contributed by atoms with E-state index in [9.17, 15) is 0 Å². The molecular formula is C24H20. The van der Waals surface area contributed by atoms with Gasteiger partial charge in [0.2, 0.25) is 0 Å². The van der Waals surface area contributed by atoms with Crippen LogP contribution < -0.4 is 0 Å². The average Bonchev–Trinajstić information content (AvgIpc) is 2.58. The molecule has 0 aliphatic carbocycles. The molecule has 116 valence electrons. The lowest BCUT2D eigenvalue weighted by atomic mass is 9.80. The normalized spacial score (nSPS) is 12.8. The molecule has 0 heteroatoms. The second kappa shape index (κ2) is 4.48. The molecule has 0 aromatic heterocycles. The van der Waals surface area contributed by atoms with Crippen LogP contribution >= 0.6 is 0 Å². The minimum Gasteiger partial charge on any atom is -0.0616 e. The molecule has 5 rings (SSSR count). The molecule has 0 nitrogen and oxygen atoms in total. The van der Waals surface area contributed by atoms with E-state index in [0.717, 1.165) is 0 Å². The molecule has 0 saturated carbocycles. The lowest BCUT2D eigenvalue weighted by molar-refractivity contribution is 0.596. The molecule has 0 fully saturated rings. The van der Waals surface area contributed by atoms with Crippen molar-refractivity contribution < 1.29 is 0 Å². The maximum atomic E-state index is 2.41. The van der Waals surface area contributed by atoms with Gasteiger partial charge in [0.1, 0.15) is 0 Å². The van der Waals surface area contributed by atoms with Crippen LogP contribution in [0.4, 0.5) is 0 Å². The van der Waals surface area contributed by atoms with E-state index < -0.39 is 0 Å². The Morgan fingerprint density at radius 2 is 1.25 bits per heavy atom. The Hall–Kier alpha value is -2.60. The van der Waals surface area contributed by atoms with Gasteiger partial charge in [0.25, 0.3) is 0 Å². The van der Waals surface area contributed by atoms with Gasteiger partial charge in [-0.1, -0.05) is 75.4 Å². The molecule has 0 unspecified atom stereocenters. The van der Waals surface area contributed by atoms with Crippen molar-refractivity contribution in [2.45, 2.75) is 26.2 Å². The first-order valence-corrected chi connectivity index (χ1v) is 8.64.